The summed E-state index contributed by atoms with van der Waals surface area (Å²) in [6.07, 6.45) is 3.56. The Kier molecular flexibility index (Phi) is 3.50. The summed E-state index contributed by atoms with van der Waals surface area (Å²) < 4.78 is 6.45. The normalized spacial score (nSPS) is 14.8. The number of nitrogens with zero attached hydrogens (tertiary/aromatic N) is 4. The Bertz CT molecular complexity index is 555. The third-order valence-electron chi connectivity index (χ3n) is 3.31. The van der Waals surface area contributed by atoms with Gasteiger partial charge in [-0.1, -0.05) is 0 Å². The second kappa shape index (κ2) is 5.28. The van der Waals surface area contributed by atoms with E-state index in [4.69, 9.17) is 0 Å². The maximum Gasteiger partial charge on any atom is 0.202 e. The highest BCUT2D eigenvalue weighted by Gasteiger charge is 2.27. The molecule has 0 atom stereocenters. The summed E-state index contributed by atoms with van der Waals surface area (Å²) >= 11 is 1.48. The Morgan fingerprint density at radius 2 is 2.26 bits per heavy atom. The predicted molar refractivity (Wildman–Crippen MR) is 76.7 cm³/mol. The van der Waals surface area contributed by atoms with E-state index in [1.54, 1.807) is 0 Å². The monoisotopic (exact) mass is 277 g/mol. The molecule has 3 rings (SSSR count). The molecule has 0 aromatic carbocycles. The molecule has 1 aliphatic rings. The molecule has 1 aliphatic carbocycles. The zero-order valence-electron chi connectivity index (χ0n) is 11.4. The number of rotatable bonds is 6. The van der Waals surface area contributed by atoms with Crippen LogP contribution in [0.3, 0.4) is 0 Å². The summed E-state index contributed by atoms with van der Waals surface area (Å²) in [6.45, 7) is 5.99. The topological polar surface area (TPSA) is 55.6 Å². The molecule has 0 unspecified atom stereocenters. The van der Waals surface area contributed by atoms with Crippen LogP contribution < -0.4 is 5.32 Å². The van der Waals surface area contributed by atoms with Crippen LogP contribution in [0.5, 0.6) is 0 Å². The lowest BCUT2D eigenvalue weighted by Crippen LogP contribution is -2.08. The van der Waals surface area contributed by atoms with E-state index in [1.807, 2.05) is 6.92 Å². The molecule has 2 aromatic rings. The van der Waals surface area contributed by atoms with E-state index in [-0.39, 0.29) is 0 Å². The maximum absolute atomic E-state index is 4.51. The van der Waals surface area contributed by atoms with Crippen LogP contribution >= 0.6 is 11.5 Å². The summed E-state index contributed by atoms with van der Waals surface area (Å²) in [4.78, 5) is 4.51. The molecule has 0 amide bonds. The highest BCUT2D eigenvalue weighted by molar-refractivity contribution is 7.09. The van der Waals surface area contributed by atoms with E-state index >= 15 is 0 Å². The van der Waals surface area contributed by atoms with Gasteiger partial charge in [0.25, 0.3) is 0 Å². The minimum atomic E-state index is 0.640. The number of aryl methyl sites for hydroxylation is 3. The molecule has 102 valence electrons. The van der Waals surface area contributed by atoms with Crippen molar-refractivity contribution in [2.24, 2.45) is 0 Å². The van der Waals surface area contributed by atoms with Crippen molar-refractivity contribution in [1.82, 2.24) is 19.1 Å². The maximum atomic E-state index is 4.51. The summed E-state index contributed by atoms with van der Waals surface area (Å²) in [5.41, 5.74) is 2.31. The fourth-order valence-electron chi connectivity index (χ4n) is 2.14. The Labute approximate surface area is 117 Å². The first-order valence-electron chi connectivity index (χ1n) is 6.81. The highest BCUT2D eigenvalue weighted by atomic mass is 32.1. The molecule has 2 heterocycles. The first-order chi connectivity index (χ1) is 9.22. The molecule has 0 aliphatic heterocycles. The van der Waals surface area contributed by atoms with Gasteiger partial charge in [0.15, 0.2) is 0 Å². The van der Waals surface area contributed by atoms with E-state index in [2.05, 4.69) is 37.4 Å². The van der Waals surface area contributed by atoms with Crippen LogP contribution in [-0.2, 0) is 6.54 Å². The molecule has 1 saturated carbocycles. The van der Waals surface area contributed by atoms with Gasteiger partial charge in [0.1, 0.15) is 5.82 Å². The largest absolute Gasteiger partial charge is 0.360 e. The van der Waals surface area contributed by atoms with Gasteiger partial charge in [-0.25, -0.2) is 4.98 Å². The fourth-order valence-corrected chi connectivity index (χ4v) is 2.81. The lowest BCUT2D eigenvalue weighted by atomic mass is 10.4. The molecule has 2 aromatic heterocycles. The zero-order chi connectivity index (χ0) is 13.2. The number of aromatic nitrogens is 4. The third kappa shape index (κ3) is 3.12. The van der Waals surface area contributed by atoms with Crippen molar-refractivity contribution < 1.29 is 0 Å². The molecule has 5 nitrogen and oxygen atoms in total. The SMILES string of the molecule is Cc1cc(C)n(CCCNc2nc(C3CC3)ns2)n1. The van der Waals surface area contributed by atoms with Crippen molar-refractivity contribution in [1.29, 1.82) is 0 Å². The van der Waals surface area contributed by atoms with Crippen molar-refractivity contribution in [2.75, 3.05) is 11.9 Å². The minimum Gasteiger partial charge on any atom is -0.360 e. The number of hydrogen-bond acceptors (Lipinski definition) is 5. The highest BCUT2D eigenvalue weighted by Crippen LogP contribution is 2.39. The first kappa shape index (κ1) is 12.6. The number of hydrogen-bond donors (Lipinski definition) is 1. The Morgan fingerprint density at radius 3 is 2.95 bits per heavy atom. The van der Waals surface area contributed by atoms with E-state index in [0.29, 0.717) is 5.92 Å². The lowest BCUT2D eigenvalue weighted by molar-refractivity contribution is 0.573. The van der Waals surface area contributed by atoms with Crippen molar-refractivity contribution >= 4 is 16.7 Å². The fraction of sp³-hybridized carbons (Fsp3) is 0.615. The van der Waals surface area contributed by atoms with Gasteiger partial charge < -0.3 is 5.32 Å². The van der Waals surface area contributed by atoms with Crippen molar-refractivity contribution in [3.63, 3.8) is 0 Å². The van der Waals surface area contributed by atoms with Crippen LogP contribution in [0.15, 0.2) is 6.07 Å². The Balaban J connectivity index is 1.43. The summed E-state index contributed by atoms with van der Waals surface area (Å²) in [5, 5.41) is 8.76. The molecule has 6 heteroatoms. The molecule has 1 N–H and O–H groups in total. The van der Waals surface area contributed by atoms with Crippen LogP contribution in [0.25, 0.3) is 0 Å². The Morgan fingerprint density at radius 1 is 1.42 bits per heavy atom. The van der Waals surface area contributed by atoms with Gasteiger partial charge >= 0.3 is 0 Å². The molecule has 0 spiro atoms. The van der Waals surface area contributed by atoms with E-state index in [9.17, 15) is 0 Å². The molecular weight excluding hydrogens is 258 g/mol. The van der Waals surface area contributed by atoms with Gasteiger partial charge in [-0.3, -0.25) is 4.68 Å². The first-order valence-corrected chi connectivity index (χ1v) is 7.58. The van der Waals surface area contributed by atoms with Crippen molar-refractivity contribution in [2.45, 2.75) is 45.6 Å². The van der Waals surface area contributed by atoms with Crippen LogP contribution in [0.1, 0.15) is 42.4 Å². The van der Waals surface area contributed by atoms with E-state index in [0.717, 1.165) is 36.2 Å². The van der Waals surface area contributed by atoms with Gasteiger partial charge in [-0.2, -0.15) is 9.47 Å². The second-order valence-electron chi connectivity index (χ2n) is 5.16. The standard InChI is InChI=1S/C13H19N5S/c1-9-8-10(2)18(16-9)7-3-6-14-13-15-12(17-19-13)11-4-5-11/h8,11H,3-7H2,1-2H3,(H,14,15,17). The van der Waals surface area contributed by atoms with E-state index in [1.165, 1.54) is 30.1 Å². The second-order valence-corrected chi connectivity index (χ2v) is 5.91. The van der Waals surface area contributed by atoms with Gasteiger partial charge in [0, 0.05) is 36.2 Å². The lowest BCUT2D eigenvalue weighted by Gasteiger charge is -2.04. The van der Waals surface area contributed by atoms with Gasteiger partial charge in [-0.15, -0.1) is 0 Å². The van der Waals surface area contributed by atoms with Gasteiger partial charge in [0.2, 0.25) is 5.13 Å². The molecule has 0 bridgehead atoms. The molecular formula is C13H19N5S. The zero-order valence-corrected chi connectivity index (χ0v) is 12.2. The summed E-state index contributed by atoms with van der Waals surface area (Å²) in [7, 11) is 0. The van der Waals surface area contributed by atoms with Crippen LogP contribution in [0.2, 0.25) is 0 Å². The number of nitrogens with one attached hydrogen (secondary N) is 1. The van der Waals surface area contributed by atoms with Crippen molar-refractivity contribution in [3.8, 4) is 0 Å². The predicted octanol–water partition coefficient (Wildman–Crippen LogP) is 2.73. The molecule has 19 heavy (non-hydrogen) atoms. The number of anilines is 1. The van der Waals surface area contributed by atoms with E-state index < -0.39 is 0 Å². The Hall–Kier alpha value is -1.43. The molecule has 0 saturated heterocycles. The third-order valence-corrected chi connectivity index (χ3v) is 4.00. The average Bonchev–Trinajstić information content (AvgIpc) is 3.04. The quantitative estimate of drug-likeness (QED) is 0.825. The van der Waals surface area contributed by atoms with Gasteiger partial charge in [-0.05, 0) is 39.2 Å². The van der Waals surface area contributed by atoms with Crippen molar-refractivity contribution in [3.05, 3.63) is 23.3 Å². The van der Waals surface area contributed by atoms with Crippen LogP contribution in [-0.4, -0.2) is 25.7 Å². The summed E-state index contributed by atoms with van der Waals surface area (Å²) in [6, 6.07) is 2.11. The average molecular weight is 277 g/mol. The molecule has 1 fully saturated rings. The van der Waals surface area contributed by atoms with Crippen LogP contribution in [0.4, 0.5) is 5.13 Å². The van der Waals surface area contributed by atoms with Crippen LogP contribution in [0, 0.1) is 13.8 Å². The smallest absolute Gasteiger partial charge is 0.202 e. The molecule has 0 radical (unpaired) electrons. The van der Waals surface area contributed by atoms with Gasteiger partial charge in [0.05, 0.1) is 5.69 Å². The minimum absolute atomic E-state index is 0.640. The summed E-state index contributed by atoms with van der Waals surface area (Å²) in [5.74, 6) is 1.67.